The van der Waals surface area contributed by atoms with Crippen LogP contribution >= 0.6 is 0 Å². The molecule has 1 aliphatic heterocycles. The number of nitrogens with zero attached hydrogens (tertiary/aromatic N) is 4. The van der Waals surface area contributed by atoms with E-state index in [-0.39, 0.29) is 5.91 Å². The smallest absolute Gasteiger partial charge is 0.245 e. The maximum Gasteiger partial charge on any atom is 0.446 e. The SMILES string of the molecule is CC(=O)[N+]1(C(=O)n2ccnc2)C=CN=C1. The number of carbonyl (C=O) groups excluding carboxylic acids is 2. The fraction of sp³-hybridized carbons (Fsp3) is 0.111. The van der Waals surface area contributed by atoms with Crippen LogP contribution in [-0.2, 0) is 4.79 Å². The summed E-state index contributed by atoms with van der Waals surface area (Å²) in [6, 6.07) is -0.419. The lowest BCUT2D eigenvalue weighted by Gasteiger charge is -2.19. The van der Waals surface area contributed by atoms with E-state index in [1.807, 2.05) is 0 Å². The lowest BCUT2D eigenvalue weighted by molar-refractivity contribution is -0.606. The largest absolute Gasteiger partial charge is 0.446 e. The summed E-state index contributed by atoms with van der Waals surface area (Å²) in [5.41, 5.74) is 0. The Balaban J connectivity index is 2.44. The van der Waals surface area contributed by atoms with Crippen molar-refractivity contribution >= 4 is 18.3 Å². The van der Waals surface area contributed by atoms with Crippen LogP contribution in [0.5, 0.6) is 0 Å². The van der Waals surface area contributed by atoms with E-state index in [0.29, 0.717) is 0 Å². The molecule has 0 saturated heterocycles. The molecule has 2 heterocycles. The number of aliphatic imine (C=N–C) groups is 1. The van der Waals surface area contributed by atoms with E-state index in [9.17, 15) is 9.59 Å². The van der Waals surface area contributed by atoms with Crippen molar-refractivity contribution in [3.63, 3.8) is 0 Å². The number of imidazole rings is 1. The van der Waals surface area contributed by atoms with Gasteiger partial charge in [-0.2, -0.15) is 0 Å². The summed E-state index contributed by atoms with van der Waals surface area (Å²) in [6.45, 7) is 1.34. The average Bonchev–Trinajstić information content (AvgIpc) is 2.89. The zero-order chi connectivity index (χ0) is 10.9. The molecule has 0 fully saturated rings. The first-order chi connectivity index (χ1) is 7.17. The third-order valence-electron chi connectivity index (χ3n) is 2.20. The molecule has 0 bridgehead atoms. The van der Waals surface area contributed by atoms with Crippen LogP contribution in [0.3, 0.4) is 0 Å². The summed E-state index contributed by atoms with van der Waals surface area (Å²) in [6.07, 6.45) is 8.48. The summed E-state index contributed by atoms with van der Waals surface area (Å²) in [5.74, 6) is -0.314. The Morgan fingerprint density at radius 1 is 1.40 bits per heavy atom. The van der Waals surface area contributed by atoms with Gasteiger partial charge in [-0.1, -0.05) is 0 Å². The van der Waals surface area contributed by atoms with Gasteiger partial charge in [0.25, 0.3) is 0 Å². The van der Waals surface area contributed by atoms with Crippen LogP contribution in [0, 0.1) is 0 Å². The van der Waals surface area contributed by atoms with Crippen LogP contribution in [0.1, 0.15) is 6.92 Å². The zero-order valence-electron chi connectivity index (χ0n) is 8.07. The van der Waals surface area contributed by atoms with Gasteiger partial charge in [0.15, 0.2) is 0 Å². The van der Waals surface area contributed by atoms with Gasteiger partial charge in [-0.25, -0.2) is 24.1 Å². The lowest BCUT2D eigenvalue weighted by atomic mass is 10.4. The predicted molar refractivity (Wildman–Crippen MR) is 51.6 cm³/mol. The number of hydrogen-bond acceptors (Lipinski definition) is 4. The summed E-state index contributed by atoms with van der Waals surface area (Å²) >= 11 is 0. The van der Waals surface area contributed by atoms with Gasteiger partial charge >= 0.3 is 11.9 Å². The number of aromatic nitrogens is 2. The van der Waals surface area contributed by atoms with Crippen LogP contribution in [0.2, 0.25) is 0 Å². The Labute approximate surface area is 85.8 Å². The molecule has 0 aliphatic carbocycles. The third kappa shape index (κ3) is 1.31. The minimum atomic E-state index is -0.531. The molecule has 76 valence electrons. The van der Waals surface area contributed by atoms with Gasteiger partial charge in [-0.15, -0.1) is 4.48 Å². The highest BCUT2D eigenvalue weighted by Gasteiger charge is 2.42. The van der Waals surface area contributed by atoms with Gasteiger partial charge in [0.05, 0.1) is 13.1 Å². The molecule has 15 heavy (non-hydrogen) atoms. The normalized spacial score (nSPS) is 23.3. The fourth-order valence-electron chi connectivity index (χ4n) is 1.32. The van der Waals surface area contributed by atoms with E-state index >= 15 is 0 Å². The number of carbonyl (C=O) groups is 2. The topological polar surface area (TPSA) is 64.3 Å². The first-order valence-electron chi connectivity index (χ1n) is 4.31. The van der Waals surface area contributed by atoms with Crippen molar-refractivity contribution in [2.45, 2.75) is 6.92 Å². The molecule has 2 rings (SSSR count). The first-order valence-corrected chi connectivity index (χ1v) is 4.31. The van der Waals surface area contributed by atoms with Gasteiger partial charge < -0.3 is 0 Å². The second-order valence-corrected chi connectivity index (χ2v) is 3.11. The van der Waals surface area contributed by atoms with Crippen molar-refractivity contribution in [2.75, 3.05) is 0 Å². The molecule has 1 unspecified atom stereocenters. The molecule has 1 aromatic heterocycles. The minimum absolute atomic E-state index is 0.314. The van der Waals surface area contributed by atoms with Crippen molar-refractivity contribution in [3.8, 4) is 0 Å². The second-order valence-electron chi connectivity index (χ2n) is 3.11. The van der Waals surface area contributed by atoms with E-state index < -0.39 is 10.5 Å². The maximum absolute atomic E-state index is 12.0. The molecular weight excluding hydrogens is 196 g/mol. The molecule has 1 atom stereocenters. The second kappa shape index (κ2) is 3.25. The summed E-state index contributed by atoms with van der Waals surface area (Å²) in [4.78, 5) is 31.0. The van der Waals surface area contributed by atoms with E-state index in [1.54, 1.807) is 0 Å². The molecule has 1 aromatic rings. The van der Waals surface area contributed by atoms with Crippen LogP contribution in [0.4, 0.5) is 4.79 Å². The predicted octanol–water partition coefficient (Wildman–Crippen LogP) is 0.728. The molecule has 1 aliphatic rings. The Hall–Kier alpha value is -2.08. The quantitative estimate of drug-likeness (QED) is 0.586. The Kier molecular flexibility index (Phi) is 2.05. The maximum atomic E-state index is 12.0. The Bertz CT molecular complexity index is 446. The third-order valence-corrected chi connectivity index (χ3v) is 2.20. The molecule has 0 N–H and O–H groups in total. The van der Waals surface area contributed by atoms with Crippen molar-refractivity contribution < 1.29 is 14.1 Å². The van der Waals surface area contributed by atoms with Gasteiger partial charge in [0.1, 0.15) is 12.5 Å². The van der Waals surface area contributed by atoms with E-state index in [4.69, 9.17) is 0 Å². The van der Waals surface area contributed by atoms with Crippen molar-refractivity contribution in [3.05, 3.63) is 31.1 Å². The number of hydrogen-bond donors (Lipinski definition) is 0. The van der Waals surface area contributed by atoms with Crippen LogP contribution < -0.4 is 0 Å². The monoisotopic (exact) mass is 205 g/mol. The number of quaternary nitrogens is 1. The van der Waals surface area contributed by atoms with Crippen LogP contribution in [0.25, 0.3) is 0 Å². The highest BCUT2D eigenvalue weighted by molar-refractivity contribution is 5.93. The molecule has 0 saturated carbocycles. The van der Waals surface area contributed by atoms with Gasteiger partial charge in [0, 0.05) is 12.4 Å². The van der Waals surface area contributed by atoms with Crippen molar-refractivity contribution in [2.24, 2.45) is 4.99 Å². The summed E-state index contributed by atoms with van der Waals surface area (Å²) in [7, 11) is 0. The molecule has 6 nitrogen and oxygen atoms in total. The minimum Gasteiger partial charge on any atom is -0.245 e. The molecule has 2 amide bonds. The molecule has 6 heteroatoms. The average molecular weight is 205 g/mol. The number of imide groups is 1. The highest BCUT2D eigenvalue weighted by Crippen LogP contribution is 2.14. The van der Waals surface area contributed by atoms with Crippen molar-refractivity contribution in [1.82, 2.24) is 9.55 Å². The Morgan fingerprint density at radius 3 is 2.67 bits per heavy atom. The lowest BCUT2D eigenvalue weighted by Crippen LogP contribution is -2.51. The van der Waals surface area contributed by atoms with E-state index in [1.165, 1.54) is 49.0 Å². The van der Waals surface area contributed by atoms with Crippen LogP contribution in [0.15, 0.2) is 36.1 Å². The van der Waals surface area contributed by atoms with Gasteiger partial charge in [-0.05, 0) is 0 Å². The standard InChI is InChI=1S/C9H9N4O2/c1-8(14)13(5-3-11-7-13)9(15)12-4-2-10-6-12/h2-7H,1H3/q+1. The van der Waals surface area contributed by atoms with Crippen molar-refractivity contribution in [1.29, 1.82) is 0 Å². The molecule has 0 spiro atoms. The van der Waals surface area contributed by atoms with E-state index in [2.05, 4.69) is 9.98 Å². The summed E-state index contributed by atoms with van der Waals surface area (Å²) in [5, 5.41) is 0. The Morgan fingerprint density at radius 2 is 2.20 bits per heavy atom. The van der Waals surface area contributed by atoms with E-state index in [0.717, 1.165) is 0 Å². The highest BCUT2D eigenvalue weighted by atomic mass is 16.2. The van der Waals surface area contributed by atoms with Gasteiger partial charge in [0.2, 0.25) is 6.34 Å². The summed E-state index contributed by atoms with van der Waals surface area (Å²) < 4.78 is 0.722. The first kappa shape index (κ1) is 9.47. The zero-order valence-corrected chi connectivity index (χ0v) is 8.07. The number of amides is 2. The fourth-order valence-corrected chi connectivity index (χ4v) is 1.32. The molecule has 0 radical (unpaired) electrons. The number of rotatable bonds is 0. The van der Waals surface area contributed by atoms with Gasteiger partial charge in [-0.3, -0.25) is 0 Å². The molecular formula is C9H9N4O2+. The molecule has 0 aromatic carbocycles. The van der Waals surface area contributed by atoms with Crippen LogP contribution in [-0.4, -0.2) is 32.3 Å².